The molecule has 3 rings (SSSR count). The number of nitrogens with one attached hydrogen (secondary N) is 1. The largest absolute Gasteiger partial charge is 0.492 e. The minimum absolute atomic E-state index is 0.215. The zero-order chi connectivity index (χ0) is 22.4. The van der Waals surface area contributed by atoms with Crippen LogP contribution in [0.5, 0.6) is 5.75 Å². The highest BCUT2D eigenvalue weighted by atomic mass is 19.4. The van der Waals surface area contributed by atoms with Gasteiger partial charge in [0.1, 0.15) is 12.4 Å². The first-order chi connectivity index (χ1) is 14.7. The zero-order valence-electron chi connectivity index (χ0n) is 17.5. The Bertz CT molecular complexity index is 882. The highest BCUT2D eigenvalue weighted by Gasteiger charge is 2.35. The summed E-state index contributed by atoms with van der Waals surface area (Å²) >= 11 is 0. The molecule has 0 aromatic heterocycles. The van der Waals surface area contributed by atoms with Crippen LogP contribution in [0.15, 0.2) is 42.5 Å². The molecule has 1 saturated heterocycles. The van der Waals surface area contributed by atoms with E-state index >= 15 is 0 Å². The molecule has 0 aliphatic carbocycles. The minimum atomic E-state index is -4.60. The van der Waals surface area contributed by atoms with Gasteiger partial charge in [0.25, 0.3) is 0 Å². The number of hydrogen-bond acceptors (Lipinski definition) is 4. The first-order valence-electron chi connectivity index (χ1n) is 9.99. The molecule has 9 heteroatoms. The maximum Gasteiger partial charge on any atom is 0.418 e. The Morgan fingerprint density at radius 2 is 1.84 bits per heavy atom. The standard InChI is InChI=1S/C22H26F3N3O3/c1-16-3-6-18(7-4-16)31-14-9-27(2)21(29)26-20-8-5-17(15-19(20)22(23,24)25)28-10-12-30-13-11-28/h3-8,15H,9-14H2,1-2H3,(H,26,29). The molecule has 31 heavy (non-hydrogen) atoms. The Morgan fingerprint density at radius 3 is 2.48 bits per heavy atom. The number of anilines is 2. The quantitative estimate of drug-likeness (QED) is 0.728. The van der Waals surface area contributed by atoms with Crippen LogP contribution in [0.4, 0.5) is 29.3 Å². The number of urea groups is 1. The molecular weight excluding hydrogens is 411 g/mol. The number of benzene rings is 2. The van der Waals surface area contributed by atoms with Crippen LogP contribution < -0.4 is 15.0 Å². The minimum Gasteiger partial charge on any atom is -0.492 e. The molecule has 0 bridgehead atoms. The monoisotopic (exact) mass is 437 g/mol. The lowest BCUT2D eigenvalue weighted by atomic mass is 10.1. The predicted octanol–water partition coefficient (Wildman–Crippen LogP) is 4.39. The second-order valence-electron chi connectivity index (χ2n) is 7.34. The lowest BCUT2D eigenvalue weighted by Gasteiger charge is -2.30. The lowest BCUT2D eigenvalue weighted by Crippen LogP contribution is -2.36. The number of ether oxygens (including phenoxy) is 2. The highest BCUT2D eigenvalue weighted by molar-refractivity contribution is 5.90. The van der Waals surface area contributed by atoms with Crippen LogP contribution in [0.1, 0.15) is 11.1 Å². The van der Waals surface area contributed by atoms with Crippen LogP contribution in [0.3, 0.4) is 0 Å². The van der Waals surface area contributed by atoms with Crippen molar-refractivity contribution in [1.29, 1.82) is 0 Å². The number of amides is 2. The number of hydrogen-bond donors (Lipinski definition) is 1. The topological polar surface area (TPSA) is 54.0 Å². The van der Waals surface area contributed by atoms with Crippen molar-refractivity contribution in [3.8, 4) is 5.75 Å². The second kappa shape index (κ2) is 9.91. The predicted molar refractivity (Wildman–Crippen MR) is 113 cm³/mol. The number of halogens is 3. The first kappa shape index (κ1) is 22.7. The number of likely N-dealkylation sites (N-methyl/N-ethyl adjacent to an activating group) is 1. The van der Waals surface area contributed by atoms with Crippen molar-refractivity contribution in [2.45, 2.75) is 13.1 Å². The molecule has 0 atom stereocenters. The van der Waals surface area contributed by atoms with Gasteiger partial charge in [-0.1, -0.05) is 17.7 Å². The molecular formula is C22H26F3N3O3. The van der Waals surface area contributed by atoms with Gasteiger partial charge in [-0.15, -0.1) is 0 Å². The fourth-order valence-electron chi connectivity index (χ4n) is 3.14. The Morgan fingerprint density at radius 1 is 1.16 bits per heavy atom. The number of alkyl halides is 3. The average molecular weight is 437 g/mol. The van der Waals surface area contributed by atoms with Crippen molar-refractivity contribution in [1.82, 2.24) is 4.90 Å². The summed E-state index contributed by atoms with van der Waals surface area (Å²) in [5, 5.41) is 2.37. The number of carbonyl (C=O) groups excluding carboxylic acids is 1. The van der Waals surface area contributed by atoms with E-state index in [0.717, 1.165) is 11.6 Å². The van der Waals surface area contributed by atoms with Crippen molar-refractivity contribution in [2.75, 3.05) is 56.7 Å². The summed E-state index contributed by atoms with van der Waals surface area (Å²) < 4.78 is 51.7. The maximum atomic E-state index is 13.6. The molecule has 0 radical (unpaired) electrons. The van der Waals surface area contributed by atoms with E-state index in [0.29, 0.717) is 37.7 Å². The van der Waals surface area contributed by atoms with Crippen LogP contribution in [0.2, 0.25) is 0 Å². The van der Waals surface area contributed by atoms with Gasteiger partial charge in [0, 0.05) is 25.8 Å². The van der Waals surface area contributed by atoms with Gasteiger partial charge < -0.3 is 24.6 Å². The van der Waals surface area contributed by atoms with Gasteiger partial charge in [-0.05, 0) is 37.3 Å². The van der Waals surface area contributed by atoms with Crippen molar-refractivity contribution in [3.05, 3.63) is 53.6 Å². The molecule has 168 valence electrons. The van der Waals surface area contributed by atoms with Crippen molar-refractivity contribution < 1.29 is 27.4 Å². The Kier molecular flexibility index (Phi) is 7.27. The Balaban J connectivity index is 1.62. The van der Waals surface area contributed by atoms with Crippen molar-refractivity contribution in [3.63, 3.8) is 0 Å². The summed E-state index contributed by atoms with van der Waals surface area (Å²) in [5.41, 5.74) is 0.396. The van der Waals surface area contributed by atoms with Crippen LogP contribution in [-0.2, 0) is 10.9 Å². The molecule has 2 aromatic rings. The molecule has 0 saturated carbocycles. The SMILES string of the molecule is Cc1ccc(OCCN(C)C(=O)Nc2ccc(N3CCOCC3)cc2C(F)(F)F)cc1. The number of nitrogens with zero attached hydrogens (tertiary/aromatic N) is 2. The third kappa shape index (κ3) is 6.27. The van der Waals surface area contributed by atoms with Crippen LogP contribution in [-0.4, -0.2) is 57.4 Å². The van der Waals surface area contributed by atoms with E-state index in [4.69, 9.17) is 9.47 Å². The maximum absolute atomic E-state index is 13.6. The molecule has 1 heterocycles. The van der Waals surface area contributed by atoms with Gasteiger partial charge in [-0.3, -0.25) is 0 Å². The van der Waals surface area contributed by atoms with Gasteiger partial charge in [-0.25, -0.2) is 4.79 Å². The third-order valence-electron chi connectivity index (χ3n) is 4.99. The van der Waals surface area contributed by atoms with Gasteiger partial charge >= 0.3 is 12.2 Å². The van der Waals surface area contributed by atoms with E-state index in [2.05, 4.69) is 5.32 Å². The molecule has 0 unspecified atom stereocenters. The van der Waals surface area contributed by atoms with E-state index in [-0.39, 0.29) is 18.8 Å². The fourth-order valence-corrected chi connectivity index (χ4v) is 3.14. The average Bonchev–Trinajstić information content (AvgIpc) is 2.75. The summed E-state index contributed by atoms with van der Waals surface area (Å²) in [6, 6.07) is 10.8. The molecule has 6 nitrogen and oxygen atoms in total. The number of rotatable bonds is 6. The number of morpholine rings is 1. The Hall–Kier alpha value is -2.94. The summed E-state index contributed by atoms with van der Waals surface area (Å²) in [4.78, 5) is 15.5. The highest BCUT2D eigenvalue weighted by Crippen LogP contribution is 2.37. The van der Waals surface area contributed by atoms with Crippen LogP contribution >= 0.6 is 0 Å². The molecule has 1 N–H and O–H groups in total. The van der Waals surface area contributed by atoms with E-state index in [1.54, 1.807) is 6.07 Å². The number of aryl methyl sites for hydroxylation is 1. The van der Waals surface area contributed by atoms with E-state index in [1.165, 1.54) is 18.0 Å². The van der Waals surface area contributed by atoms with Crippen LogP contribution in [0.25, 0.3) is 0 Å². The summed E-state index contributed by atoms with van der Waals surface area (Å²) in [6.07, 6.45) is -4.60. The first-order valence-corrected chi connectivity index (χ1v) is 9.99. The summed E-state index contributed by atoms with van der Waals surface area (Å²) in [6.45, 7) is 4.37. The lowest BCUT2D eigenvalue weighted by molar-refractivity contribution is -0.136. The molecule has 2 aromatic carbocycles. The van der Waals surface area contributed by atoms with E-state index < -0.39 is 17.8 Å². The molecule has 1 aliphatic heterocycles. The Labute approximate surface area is 179 Å². The molecule has 1 aliphatic rings. The zero-order valence-corrected chi connectivity index (χ0v) is 17.5. The summed E-state index contributed by atoms with van der Waals surface area (Å²) in [7, 11) is 1.50. The van der Waals surface area contributed by atoms with Gasteiger partial charge in [0.15, 0.2) is 0 Å². The number of carbonyl (C=O) groups is 1. The fraction of sp³-hybridized carbons (Fsp3) is 0.409. The van der Waals surface area contributed by atoms with Crippen LogP contribution in [0, 0.1) is 6.92 Å². The molecule has 0 spiro atoms. The van der Waals surface area contributed by atoms with Gasteiger partial charge in [0.05, 0.1) is 31.0 Å². The van der Waals surface area contributed by atoms with Crippen molar-refractivity contribution in [2.24, 2.45) is 0 Å². The summed E-state index contributed by atoms with van der Waals surface area (Å²) in [5.74, 6) is 0.664. The normalized spacial score (nSPS) is 14.3. The van der Waals surface area contributed by atoms with Crippen molar-refractivity contribution >= 4 is 17.4 Å². The van der Waals surface area contributed by atoms with E-state index in [1.807, 2.05) is 36.1 Å². The van der Waals surface area contributed by atoms with Gasteiger partial charge in [-0.2, -0.15) is 13.2 Å². The van der Waals surface area contributed by atoms with E-state index in [9.17, 15) is 18.0 Å². The molecule has 2 amide bonds. The smallest absolute Gasteiger partial charge is 0.418 e. The second-order valence-corrected chi connectivity index (χ2v) is 7.34. The third-order valence-corrected chi connectivity index (χ3v) is 4.99. The molecule has 1 fully saturated rings. The van der Waals surface area contributed by atoms with Gasteiger partial charge in [0.2, 0.25) is 0 Å².